The van der Waals surface area contributed by atoms with Crippen molar-refractivity contribution in [3.05, 3.63) is 113 Å². The minimum Gasteiger partial charge on any atom is -0.493 e. The molecule has 1 fully saturated rings. The van der Waals surface area contributed by atoms with Gasteiger partial charge in [-0.2, -0.15) is 5.38 Å². The van der Waals surface area contributed by atoms with Crippen molar-refractivity contribution in [1.29, 1.82) is 0 Å². The van der Waals surface area contributed by atoms with Crippen molar-refractivity contribution in [2.45, 2.75) is 31.8 Å². The molecule has 1 unspecified atom stereocenters. The van der Waals surface area contributed by atoms with Gasteiger partial charge in [-0.15, -0.1) is 0 Å². The number of aliphatic hydroxyl groups is 1. The molecule has 2 heterocycles. The number of amides is 1. The van der Waals surface area contributed by atoms with Crippen LogP contribution in [-0.4, -0.2) is 29.1 Å². The molecule has 1 amide bonds. The number of thiazole rings is 1. The molecule has 0 aliphatic carbocycles. The fraction of sp³-hybridized carbons (Fsp3) is 0.290. The van der Waals surface area contributed by atoms with Gasteiger partial charge in [0.15, 0.2) is 0 Å². The van der Waals surface area contributed by atoms with Crippen molar-refractivity contribution in [3.63, 3.8) is 0 Å². The summed E-state index contributed by atoms with van der Waals surface area (Å²) in [5, 5.41) is 14.7. The van der Waals surface area contributed by atoms with Crippen molar-refractivity contribution >= 4 is 22.9 Å². The average molecular weight is 601 g/mol. The predicted octanol–water partition coefficient (Wildman–Crippen LogP) is 5.90. The first-order valence-corrected chi connectivity index (χ1v) is 13.6. The third-order valence-electron chi connectivity index (χ3n) is 6.98. The van der Waals surface area contributed by atoms with Gasteiger partial charge in [0.25, 0.3) is 0 Å². The summed E-state index contributed by atoms with van der Waals surface area (Å²) in [6.07, 6.45) is 4.29. The first-order valence-electron chi connectivity index (χ1n) is 12.8. The van der Waals surface area contributed by atoms with Crippen LogP contribution in [0, 0.1) is 17.2 Å². The summed E-state index contributed by atoms with van der Waals surface area (Å²) in [6.45, 7) is 1.11. The zero-order valence-corrected chi connectivity index (χ0v) is 24.9. The molecule has 3 aromatic carbocycles. The second-order valence-corrected chi connectivity index (χ2v) is 10.4. The summed E-state index contributed by atoms with van der Waals surface area (Å²) in [6, 6.07) is 27.5. The standard InChI is InChI=1S/C31H31N2O3S.Y/c34-29(20-23-8-3-1-4-9-23)24-14-16-27(17-15-24)36-22-25-21-33(26-10-5-2-6-11-26)31(35)28(25)12-7-13-30-32-18-19-37-30;/h1-6,8-11,14-18,25,28-29,34H,7,12-13,20-22H2;/q-1;/t25-,28-,29?;/m1./s1. The van der Waals surface area contributed by atoms with Crippen LogP contribution in [0.3, 0.4) is 0 Å². The summed E-state index contributed by atoms with van der Waals surface area (Å²) in [5.41, 5.74) is 2.90. The number of carbonyl (C=O) groups is 1. The Morgan fingerprint density at radius 1 is 1.03 bits per heavy atom. The molecule has 1 radical (unpaired) electrons. The number of aryl methyl sites for hydroxylation is 1. The van der Waals surface area contributed by atoms with Gasteiger partial charge in [0.05, 0.1) is 12.7 Å². The normalized spacial score (nSPS) is 17.7. The van der Waals surface area contributed by atoms with Gasteiger partial charge in [-0.25, -0.2) is 0 Å². The van der Waals surface area contributed by atoms with Crippen LogP contribution in [0.1, 0.15) is 35.1 Å². The number of hydrogen-bond donors (Lipinski definition) is 1. The van der Waals surface area contributed by atoms with Crippen LogP contribution in [0.5, 0.6) is 5.75 Å². The van der Waals surface area contributed by atoms with Crippen molar-refractivity contribution in [1.82, 2.24) is 4.98 Å². The summed E-state index contributed by atoms with van der Waals surface area (Å²) in [4.78, 5) is 19.6. The van der Waals surface area contributed by atoms with Crippen molar-refractivity contribution in [2.24, 2.45) is 11.8 Å². The molecular weight excluding hydrogens is 569 g/mol. The predicted molar refractivity (Wildman–Crippen MR) is 147 cm³/mol. The van der Waals surface area contributed by atoms with Gasteiger partial charge in [-0.3, -0.25) is 4.79 Å². The molecule has 38 heavy (non-hydrogen) atoms. The third-order valence-corrected chi connectivity index (χ3v) is 7.75. The van der Waals surface area contributed by atoms with E-state index in [0.29, 0.717) is 19.6 Å². The van der Waals surface area contributed by atoms with Crippen molar-refractivity contribution in [2.75, 3.05) is 18.1 Å². The Labute approximate surface area is 253 Å². The number of aliphatic hydroxyl groups excluding tert-OH is 1. The number of hydrogen-bond acceptors (Lipinski definition) is 5. The molecule has 1 N–H and O–H groups in total. The molecule has 0 bridgehead atoms. The first kappa shape index (κ1) is 28.6. The summed E-state index contributed by atoms with van der Waals surface area (Å²) in [7, 11) is 0. The molecule has 1 aromatic heterocycles. The van der Waals surface area contributed by atoms with Crippen LogP contribution >= 0.6 is 11.3 Å². The molecule has 7 heteroatoms. The molecule has 4 aromatic rings. The second kappa shape index (κ2) is 14.1. The summed E-state index contributed by atoms with van der Waals surface area (Å²) in [5.74, 6) is 0.929. The van der Waals surface area contributed by atoms with E-state index < -0.39 is 6.10 Å². The molecule has 5 rings (SSSR count). The van der Waals surface area contributed by atoms with E-state index in [1.807, 2.05) is 89.8 Å². The minimum absolute atomic E-state index is 0. The Morgan fingerprint density at radius 3 is 2.42 bits per heavy atom. The maximum Gasteiger partial charge on any atom is 0.230 e. The van der Waals surface area contributed by atoms with Crippen LogP contribution in [0.15, 0.2) is 91.1 Å². The second-order valence-electron chi connectivity index (χ2n) is 9.50. The summed E-state index contributed by atoms with van der Waals surface area (Å²) < 4.78 is 6.18. The van der Waals surface area contributed by atoms with Gasteiger partial charge in [0, 0.05) is 63.2 Å². The topological polar surface area (TPSA) is 62.7 Å². The monoisotopic (exact) mass is 600 g/mol. The Balaban J connectivity index is 0.00000336. The fourth-order valence-corrected chi connectivity index (χ4v) is 5.57. The number of para-hydroxylation sites is 1. The number of rotatable bonds is 11. The third kappa shape index (κ3) is 7.38. The number of nitrogens with zero attached hydrogens (tertiary/aromatic N) is 2. The smallest absolute Gasteiger partial charge is 0.230 e. The largest absolute Gasteiger partial charge is 0.493 e. The Bertz CT molecular complexity index is 1250. The van der Waals surface area contributed by atoms with Crippen LogP contribution in [0.4, 0.5) is 5.69 Å². The maximum atomic E-state index is 13.4. The molecule has 193 valence electrons. The van der Waals surface area contributed by atoms with Crippen LogP contribution in [0.2, 0.25) is 0 Å². The van der Waals surface area contributed by atoms with Gasteiger partial charge in [-0.05, 0) is 41.8 Å². The van der Waals surface area contributed by atoms with Gasteiger partial charge < -0.3 is 31.1 Å². The van der Waals surface area contributed by atoms with E-state index in [0.717, 1.165) is 46.8 Å². The SMILES string of the molecule is O=C1[C@H](CCCc2nc[c-]s2)[C@@H](COc2ccc(C(O)Cc3ccccc3)cc2)CN1c1ccccc1.[Y]. The van der Waals surface area contributed by atoms with E-state index in [-0.39, 0.29) is 50.5 Å². The molecule has 1 aliphatic rings. The Morgan fingerprint density at radius 2 is 1.74 bits per heavy atom. The first-order chi connectivity index (χ1) is 18.2. The van der Waals surface area contributed by atoms with Crippen LogP contribution < -0.4 is 9.64 Å². The van der Waals surface area contributed by atoms with Gasteiger partial charge in [-0.1, -0.05) is 84.7 Å². The van der Waals surface area contributed by atoms with Crippen LogP contribution in [0.25, 0.3) is 0 Å². The zero-order chi connectivity index (χ0) is 25.5. The van der Waals surface area contributed by atoms with E-state index in [1.54, 1.807) is 17.5 Å². The van der Waals surface area contributed by atoms with E-state index in [4.69, 9.17) is 4.74 Å². The van der Waals surface area contributed by atoms with Crippen LogP contribution in [-0.2, 0) is 50.3 Å². The Hall–Kier alpha value is -2.38. The molecule has 0 saturated carbocycles. The number of benzene rings is 3. The van der Waals surface area contributed by atoms with E-state index in [9.17, 15) is 9.90 Å². The Kier molecular flexibility index (Phi) is 10.6. The molecule has 1 aliphatic heterocycles. The number of anilines is 1. The molecule has 3 atom stereocenters. The van der Waals surface area contributed by atoms with E-state index in [1.165, 1.54) is 0 Å². The van der Waals surface area contributed by atoms with Gasteiger partial charge in [0.2, 0.25) is 5.91 Å². The molecule has 1 saturated heterocycles. The van der Waals surface area contributed by atoms with Gasteiger partial charge >= 0.3 is 0 Å². The van der Waals surface area contributed by atoms with Gasteiger partial charge in [0.1, 0.15) is 5.75 Å². The number of aromatic nitrogens is 1. The number of carbonyl (C=O) groups excluding carboxylic acids is 1. The minimum atomic E-state index is -0.567. The fourth-order valence-electron chi connectivity index (χ4n) is 4.97. The zero-order valence-electron chi connectivity index (χ0n) is 21.3. The van der Waals surface area contributed by atoms with E-state index >= 15 is 0 Å². The quantitative estimate of drug-likeness (QED) is 0.218. The number of ether oxygens (including phenoxy) is 1. The molecule has 0 spiro atoms. The summed E-state index contributed by atoms with van der Waals surface area (Å²) >= 11 is 1.54. The van der Waals surface area contributed by atoms with Crippen molar-refractivity contribution in [3.8, 4) is 5.75 Å². The molecule has 5 nitrogen and oxygen atoms in total. The average Bonchev–Trinajstić information content (AvgIpc) is 3.57. The molecular formula is C31H31N2O3SY-. The van der Waals surface area contributed by atoms with Crippen molar-refractivity contribution < 1.29 is 47.3 Å². The van der Waals surface area contributed by atoms with E-state index in [2.05, 4.69) is 10.4 Å². The maximum absolute atomic E-state index is 13.4.